The molecule has 0 amide bonds. The van der Waals surface area contributed by atoms with Gasteiger partial charge in [-0.05, 0) is 31.5 Å². The molecule has 1 aromatic heterocycles. The highest BCUT2D eigenvalue weighted by Gasteiger charge is 2.17. The van der Waals surface area contributed by atoms with Crippen molar-refractivity contribution < 1.29 is 0 Å². The molecule has 2 heterocycles. The van der Waals surface area contributed by atoms with E-state index in [1.165, 1.54) is 16.1 Å². The third-order valence-electron chi connectivity index (χ3n) is 3.24. The lowest BCUT2D eigenvalue weighted by Gasteiger charge is -2.29. The fourth-order valence-corrected chi connectivity index (χ4v) is 3.42. The molecule has 1 aliphatic rings. The van der Waals surface area contributed by atoms with Gasteiger partial charge in [-0.2, -0.15) is 0 Å². The first-order valence-corrected chi connectivity index (χ1v) is 6.95. The quantitative estimate of drug-likeness (QED) is 0.925. The van der Waals surface area contributed by atoms with Crippen molar-refractivity contribution >= 4 is 46.4 Å². The maximum Gasteiger partial charge on any atom is 0.108 e. The van der Waals surface area contributed by atoms with E-state index in [1.807, 2.05) is 6.07 Å². The second-order valence-electron chi connectivity index (χ2n) is 4.71. The van der Waals surface area contributed by atoms with Crippen LogP contribution in [0.15, 0.2) is 24.3 Å². The molecular weight excluding hydrogens is 301 g/mol. The smallest absolute Gasteiger partial charge is 0.108 e. The zero-order valence-corrected chi connectivity index (χ0v) is 13.1. The molecular formula is C13H19Cl2N3S. The topological polar surface area (TPSA) is 42.1 Å². The molecule has 1 saturated heterocycles. The molecule has 0 saturated carbocycles. The normalized spacial score (nSPS) is 19.7. The maximum atomic E-state index is 6.00. The second-order valence-corrected chi connectivity index (χ2v) is 5.83. The molecule has 19 heavy (non-hydrogen) atoms. The van der Waals surface area contributed by atoms with E-state index in [2.05, 4.69) is 28.1 Å². The number of nitrogens with zero attached hydrogens (tertiary/aromatic N) is 2. The highest BCUT2D eigenvalue weighted by Crippen LogP contribution is 2.23. The summed E-state index contributed by atoms with van der Waals surface area (Å²) in [6.07, 6.45) is 2.38. The molecule has 3 nitrogen and oxygen atoms in total. The number of likely N-dealkylation sites (tertiary alicyclic amines) is 1. The van der Waals surface area contributed by atoms with Crippen molar-refractivity contribution in [2.45, 2.75) is 25.4 Å². The molecule has 0 radical (unpaired) electrons. The zero-order valence-electron chi connectivity index (χ0n) is 10.6. The molecule has 2 N–H and O–H groups in total. The first-order chi connectivity index (χ1) is 8.31. The van der Waals surface area contributed by atoms with Gasteiger partial charge in [-0.1, -0.05) is 12.1 Å². The van der Waals surface area contributed by atoms with Crippen molar-refractivity contribution in [1.29, 1.82) is 0 Å². The monoisotopic (exact) mass is 319 g/mol. The molecule has 1 atom stereocenters. The minimum atomic E-state index is 0. The summed E-state index contributed by atoms with van der Waals surface area (Å²) >= 11 is 1.80. The van der Waals surface area contributed by atoms with Crippen LogP contribution in [0.2, 0.25) is 0 Å². The Hall–Kier alpha value is -0.390. The summed E-state index contributed by atoms with van der Waals surface area (Å²) in [6.45, 7) is 3.12. The van der Waals surface area contributed by atoms with Crippen molar-refractivity contribution in [2.75, 3.05) is 13.1 Å². The summed E-state index contributed by atoms with van der Waals surface area (Å²) in [5, 5.41) is 1.21. The van der Waals surface area contributed by atoms with Gasteiger partial charge in [-0.3, -0.25) is 4.90 Å². The molecule has 0 spiro atoms. The van der Waals surface area contributed by atoms with Crippen molar-refractivity contribution in [3.63, 3.8) is 0 Å². The standard InChI is InChI=1S/C13H17N3S.2ClH/c14-10-4-3-7-16(8-10)9-13-15-11-5-1-2-6-12(11)17-13;;/h1-2,5-6,10H,3-4,7-9,14H2;2*1H/t10-;;/m1../s1. The number of thiazole rings is 1. The molecule has 0 unspecified atom stereocenters. The number of nitrogens with two attached hydrogens (primary N) is 1. The van der Waals surface area contributed by atoms with Crippen LogP contribution in [-0.4, -0.2) is 29.0 Å². The average molecular weight is 320 g/mol. The van der Waals surface area contributed by atoms with Gasteiger partial charge in [0, 0.05) is 12.6 Å². The van der Waals surface area contributed by atoms with Crippen LogP contribution in [0.4, 0.5) is 0 Å². The highest BCUT2D eigenvalue weighted by molar-refractivity contribution is 7.18. The lowest BCUT2D eigenvalue weighted by Crippen LogP contribution is -2.42. The van der Waals surface area contributed by atoms with Gasteiger partial charge < -0.3 is 5.73 Å². The second kappa shape index (κ2) is 7.41. The summed E-state index contributed by atoms with van der Waals surface area (Å²) < 4.78 is 1.28. The molecule has 3 rings (SSSR count). The van der Waals surface area contributed by atoms with Gasteiger partial charge in [-0.25, -0.2) is 4.98 Å². The number of aromatic nitrogens is 1. The fourth-order valence-electron chi connectivity index (χ4n) is 2.41. The Morgan fingerprint density at radius 1 is 1.32 bits per heavy atom. The maximum absolute atomic E-state index is 6.00. The van der Waals surface area contributed by atoms with Gasteiger partial charge in [0.25, 0.3) is 0 Å². The fraction of sp³-hybridized carbons (Fsp3) is 0.462. The van der Waals surface area contributed by atoms with Gasteiger partial charge in [0.2, 0.25) is 0 Å². The van der Waals surface area contributed by atoms with Gasteiger partial charge in [0.15, 0.2) is 0 Å². The Labute approximate surface area is 130 Å². The molecule has 1 aromatic carbocycles. The van der Waals surface area contributed by atoms with Crippen LogP contribution in [0.25, 0.3) is 10.2 Å². The van der Waals surface area contributed by atoms with E-state index in [9.17, 15) is 0 Å². The first kappa shape index (κ1) is 16.7. The van der Waals surface area contributed by atoms with Crippen LogP contribution in [0, 0.1) is 0 Å². The summed E-state index contributed by atoms with van der Waals surface area (Å²) in [5.41, 5.74) is 7.11. The van der Waals surface area contributed by atoms with E-state index in [4.69, 9.17) is 5.73 Å². The SMILES string of the molecule is Cl.Cl.N[C@@H]1CCCN(Cc2nc3ccccc3s2)C1. The van der Waals surface area contributed by atoms with Crippen molar-refractivity contribution in [2.24, 2.45) is 5.73 Å². The van der Waals surface area contributed by atoms with E-state index in [-0.39, 0.29) is 24.8 Å². The number of para-hydroxylation sites is 1. The number of hydrogen-bond acceptors (Lipinski definition) is 4. The van der Waals surface area contributed by atoms with Crippen LogP contribution in [-0.2, 0) is 6.54 Å². The molecule has 0 bridgehead atoms. The molecule has 2 aromatic rings. The number of halogens is 2. The number of rotatable bonds is 2. The Bertz CT molecular complexity index is 484. The molecule has 1 fully saturated rings. The van der Waals surface area contributed by atoms with E-state index in [0.29, 0.717) is 6.04 Å². The van der Waals surface area contributed by atoms with Gasteiger partial charge >= 0.3 is 0 Å². The summed E-state index contributed by atoms with van der Waals surface area (Å²) in [7, 11) is 0. The third kappa shape index (κ3) is 4.04. The lowest BCUT2D eigenvalue weighted by molar-refractivity contribution is 0.201. The molecule has 6 heteroatoms. The Balaban J connectivity index is 0.000000902. The summed E-state index contributed by atoms with van der Waals surface area (Å²) in [5.74, 6) is 0. The van der Waals surface area contributed by atoms with Crippen molar-refractivity contribution in [3.05, 3.63) is 29.3 Å². The van der Waals surface area contributed by atoms with Crippen LogP contribution >= 0.6 is 36.2 Å². The Kier molecular flexibility index (Phi) is 6.50. The zero-order chi connectivity index (χ0) is 11.7. The van der Waals surface area contributed by atoms with Gasteiger partial charge in [-0.15, -0.1) is 36.2 Å². The molecule has 1 aliphatic heterocycles. The lowest BCUT2D eigenvalue weighted by atomic mass is 10.1. The van der Waals surface area contributed by atoms with Gasteiger partial charge in [0.1, 0.15) is 5.01 Å². The molecule has 0 aliphatic carbocycles. The largest absolute Gasteiger partial charge is 0.327 e. The summed E-state index contributed by atoms with van der Waals surface area (Å²) in [6, 6.07) is 8.68. The first-order valence-electron chi connectivity index (χ1n) is 6.13. The number of hydrogen-bond donors (Lipinski definition) is 1. The third-order valence-corrected chi connectivity index (χ3v) is 4.26. The minimum absolute atomic E-state index is 0. The number of benzene rings is 1. The van der Waals surface area contributed by atoms with Crippen LogP contribution in [0.3, 0.4) is 0 Å². The average Bonchev–Trinajstić information content (AvgIpc) is 2.71. The predicted octanol–water partition coefficient (Wildman–Crippen LogP) is 3.06. The van der Waals surface area contributed by atoms with Crippen molar-refractivity contribution in [3.8, 4) is 0 Å². The van der Waals surface area contributed by atoms with Crippen LogP contribution < -0.4 is 5.73 Å². The Morgan fingerprint density at radius 3 is 2.84 bits per heavy atom. The van der Waals surface area contributed by atoms with Crippen LogP contribution in [0.5, 0.6) is 0 Å². The minimum Gasteiger partial charge on any atom is -0.327 e. The highest BCUT2D eigenvalue weighted by atomic mass is 35.5. The van der Waals surface area contributed by atoms with Gasteiger partial charge in [0.05, 0.1) is 16.8 Å². The Morgan fingerprint density at radius 2 is 2.11 bits per heavy atom. The van der Waals surface area contributed by atoms with Crippen molar-refractivity contribution in [1.82, 2.24) is 9.88 Å². The summed E-state index contributed by atoms with van der Waals surface area (Å²) in [4.78, 5) is 7.09. The van der Waals surface area contributed by atoms with Crippen LogP contribution in [0.1, 0.15) is 17.8 Å². The molecule has 106 valence electrons. The number of piperidine rings is 1. The number of fused-ring (bicyclic) bond motifs is 1. The van der Waals surface area contributed by atoms with E-state index >= 15 is 0 Å². The van der Waals surface area contributed by atoms with E-state index in [1.54, 1.807) is 11.3 Å². The van der Waals surface area contributed by atoms with E-state index < -0.39 is 0 Å². The van der Waals surface area contributed by atoms with E-state index in [0.717, 1.165) is 31.6 Å². The predicted molar refractivity (Wildman–Crippen MR) is 86.6 cm³/mol.